The summed E-state index contributed by atoms with van der Waals surface area (Å²) in [5.41, 5.74) is -1.34. The van der Waals surface area contributed by atoms with E-state index in [4.69, 9.17) is 5.26 Å². The van der Waals surface area contributed by atoms with Crippen molar-refractivity contribution in [2.45, 2.75) is 6.18 Å². The van der Waals surface area contributed by atoms with Gasteiger partial charge in [0.1, 0.15) is 0 Å². The second kappa shape index (κ2) is 4.18. The lowest BCUT2D eigenvalue weighted by molar-refractivity contribution is -0.137. The van der Waals surface area contributed by atoms with E-state index in [9.17, 15) is 18.0 Å². The van der Waals surface area contributed by atoms with Crippen molar-refractivity contribution in [1.29, 1.82) is 5.26 Å². The van der Waals surface area contributed by atoms with Crippen LogP contribution < -0.4 is 4.90 Å². The maximum atomic E-state index is 12.7. The van der Waals surface area contributed by atoms with Crippen molar-refractivity contribution in [3.05, 3.63) is 41.5 Å². The molecule has 1 aromatic rings. The maximum absolute atomic E-state index is 12.7. The fourth-order valence-corrected chi connectivity index (χ4v) is 1.70. The summed E-state index contributed by atoms with van der Waals surface area (Å²) in [5.74, 6) is -0.368. The van der Waals surface area contributed by atoms with Gasteiger partial charge in [-0.1, -0.05) is 6.08 Å². The van der Waals surface area contributed by atoms with Gasteiger partial charge in [0.15, 0.2) is 0 Å². The summed E-state index contributed by atoms with van der Waals surface area (Å²) in [7, 11) is 0. The number of amides is 1. The van der Waals surface area contributed by atoms with E-state index >= 15 is 0 Å². The van der Waals surface area contributed by atoms with Gasteiger partial charge in [-0.25, -0.2) is 0 Å². The molecule has 0 unspecified atom stereocenters. The minimum atomic E-state index is -4.61. The van der Waals surface area contributed by atoms with Gasteiger partial charge >= 0.3 is 6.18 Å². The summed E-state index contributed by atoms with van der Waals surface area (Å²) >= 11 is 0. The third-order valence-corrected chi connectivity index (χ3v) is 2.56. The molecule has 0 saturated carbocycles. The molecule has 0 saturated heterocycles. The number of benzene rings is 1. The van der Waals surface area contributed by atoms with Crippen LogP contribution in [0.3, 0.4) is 0 Å². The third-order valence-electron chi connectivity index (χ3n) is 2.56. The minimum Gasteiger partial charge on any atom is -0.305 e. The Bertz CT molecular complexity index is 570. The first kappa shape index (κ1) is 12.2. The average Bonchev–Trinajstić information content (AvgIpc) is 2.73. The monoisotopic (exact) mass is 252 g/mol. The standard InChI is InChI=1S/C12H7F3N2O/c13-12(14,15)10-6-9(4-3-8(10)7-16)17-5-1-2-11(17)18/h1-4,6H,5H2. The van der Waals surface area contributed by atoms with E-state index in [1.54, 1.807) is 6.08 Å². The smallest absolute Gasteiger partial charge is 0.305 e. The van der Waals surface area contributed by atoms with E-state index in [1.165, 1.54) is 23.1 Å². The zero-order valence-corrected chi connectivity index (χ0v) is 9.03. The fraction of sp³-hybridized carbons (Fsp3) is 0.167. The van der Waals surface area contributed by atoms with Crippen LogP contribution >= 0.6 is 0 Å². The molecular formula is C12H7F3N2O. The Kier molecular flexibility index (Phi) is 2.83. The summed E-state index contributed by atoms with van der Waals surface area (Å²) in [5, 5.41) is 8.65. The van der Waals surface area contributed by atoms with Crippen LogP contribution in [0.15, 0.2) is 30.4 Å². The number of hydrogen-bond donors (Lipinski definition) is 0. The summed E-state index contributed by atoms with van der Waals surface area (Å²) in [4.78, 5) is 12.6. The number of nitrogens with zero attached hydrogens (tertiary/aromatic N) is 2. The van der Waals surface area contributed by atoms with Crippen molar-refractivity contribution in [3.8, 4) is 6.07 Å². The van der Waals surface area contributed by atoms with Gasteiger partial charge < -0.3 is 4.90 Å². The number of hydrogen-bond acceptors (Lipinski definition) is 2. The first-order valence-corrected chi connectivity index (χ1v) is 5.03. The molecule has 1 aromatic carbocycles. The Morgan fingerprint density at radius 3 is 2.56 bits per heavy atom. The molecule has 0 N–H and O–H groups in total. The molecule has 2 rings (SSSR count). The highest BCUT2D eigenvalue weighted by Crippen LogP contribution is 2.34. The molecule has 1 heterocycles. The maximum Gasteiger partial charge on any atom is 0.417 e. The van der Waals surface area contributed by atoms with Crippen LogP contribution in [0.4, 0.5) is 18.9 Å². The van der Waals surface area contributed by atoms with Gasteiger partial charge in [0.25, 0.3) is 5.91 Å². The van der Waals surface area contributed by atoms with E-state index in [0.717, 1.165) is 12.1 Å². The molecule has 1 aliphatic heterocycles. The van der Waals surface area contributed by atoms with E-state index < -0.39 is 17.3 Å². The molecule has 1 aliphatic rings. The van der Waals surface area contributed by atoms with Crippen molar-refractivity contribution < 1.29 is 18.0 Å². The van der Waals surface area contributed by atoms with Crippen LogP contribution in [0, 0.1) is 11.3 Å². The molecule has 0 radical (unpaired) electrons. The Balaban J connectivity index is 2.47. The molecule has 3 nitrogen and oxygen atoms in total. The van der Waals surface area contributed by atoms with Crippen LogP contribution in [-0.2, 0) is 11.0 Å². The SMILES string of the molecule is N#Cc1ccc(N2CC=CC2=O)cc1C(F)(F)F. The first-order valence-electron chi connectivity index (χ1n) is 5.03. The highest BCUT2D eigenvalue weighted by Gasteiger charge is 2.34. The average molecular weight is 252 g/mol. The van der Waals surface area contributed by atoms with Gasteiger partial charge in [0.2, 0.25) is 0 Å². The van der Waals surface area contributed by atoms with E-state index in [-0.39, 0.29) is 18.1 Å². The molecule has 0 aliphatic carbocycles. The van der Waals surface area contributed by atoms with Gasteiger partial charge in [-0.3, -0.25) is 4.79 Å². The Hall–Kier alpha value is -2.29. The summed E-state index contributed by atoms with van der Waals surface area (Å²) in [6.07, 6.45) is -1.75. The first-order chi connectivity index (χ1) is 8.43. The van der Waals surface area contributed by atoms with Crippen molar-refractivity contribution in [1.82, 2.24) is 0 Å². The lowest BCUT2D eigenvalue weighted by atomic mass is 10.1. The molecule has 92 valence electrons. The second-order valence-electron chi connectivity index (χ2n) is 3.69. The largest absolute Gasteiger partial charge is 0.417 e. The molecule has 18 heavy (non-hydrogen) atoms. The zero-order chi connectivity index (χ0) is 13.3. The molecule has 0 bridgehead atoms. The summed E-state index contributed by atoms with van der Waals surface area (Å²) < 4.78 is 38.2. The molecule has 0 fully saturated rings. The molecule has 0 spiro atoms. The molecular weight excluding hydrogens is 245 g/mol. The van der Waals surface area contributed by atoms with Gasteiger partial charge in [0, 0.05) is 18.3 Å². The topological polar surface area (TPSA) is 44.1 Å². The lowest BCUT2D eigenvalue weighted by Gasteiger charge is -2.18. The summed E-state index contributed by atoms with van der Waals surface area (Å²) in [6.45, 7) is 0.238. The second-order valence-corrected chi connectivity index (χ2v) is 3.69. The highest BCUT2D eigenvalue weighted by atomic mass is 19.4. The third kappa shape index (κ3) is 2.07. The predicted octanol–water partition coefficient (Wildman–Crippen LogP) is 2.48. The molecule has 1 amide bonds. The van der Waals surface area contributed by atoms with Crippen LogP contribution in [0.2, 0.25) is 0 Å². The number of rotatable bonds is 1. The van der Waals surface area contributed by atoms with Crippen molar-refractivity contribution in [2.75, 3.05) is 11.4 Å². The fourth-order valence-electron chi connectivity index (χ4n) is 1.70. The normalized spacial score (nSPS) is 15.0. The minimum absolute atomic E-state index is 0.135. The van der Waals surface area contributed by atoms with Crippen molar-refractivity contribution >= 4 is 11.6 Å². The Morgan fingerprint density at radius 2 is 2.06 bits per heavy atom. The Labute approximate surface area is 101 Å². The number of carbonyl (C=O) groups excluding carboxylic acids is 1. The molecule has 6 heteroatoms. The number of nitriles is 1. The quantitative estimate of drug-likeness (QED) is 0.770. The van der Waals surface area contributed by atoms with Crippen LogP contribution in [0.25, 0.3) is 0 Å². The van der Waals surface area contributed by atoms with Crippen molar-refractivity contribution in [2.24, 2.45) is 0 Å². The van der Waals surface area contributed by atoms with Crippen LogP contribution in [0.5, 0.6) is 0 Å². The van der Waals surface area contributed by atoms with E-state index in [2.05, 4.69) is 0 Å². The van der Waals surface area contributed by atoms with Gasteiger partial charge in [-0.05, 0) is 18.2 Å². The predicted molar refractivity (Wildman–Crippen MR) is 57.7 cm³/mol. The lowest BCUT2D eigenvalue weighted by Crippen LogP contribution is -2.25. The van der Waals surface area contributed by atoms with Gasteiger partial charge in [0.05, 0.1) is 17.2 Å². The number of carbonyl (C=O) groups is 1. The van der Waals surface area contributed by atoms with E-state index in [0.29, 0.717) is 0 Å². The highest BCUT2D eigenvalue weighted by molar-refractivity contribution is 6.04. The molecule has 0 atom stereocenters. The van der Waals surface area contributed by atoms with E-state index in [1.807, 2.05) is 0 Å². The summed E-state index contributed by atoms with van der Waals surface area (Å²) in [6, 6.07) is 4.72. The zero-order valence-electron chi connectivity index (χ0n) is 9.03. The number of alkyl halides is 3. The molecule has 0 aromatic heterocycles. The van der Waals surface area contributed by atoms with Crippen molar-refractivity contribution in [3.63, 3.8) is 0 Å². The number of halogens is 3. The van der Waals surface area contributed by atoms with Gasteiger partial charge in [-0.2, -0.15) is 18.4 Å². The van der Waals surface area contributed by atoms with Crippen LogP contribution in [0.1, 0.15) is 11.1 Å². The van der Waals surface area contributed by atoms with Gasteiger partial charge in [-0.15, -0.1) is 0 Å². The number of anilines is 1. The van der Waals surface area contributed by atoms with Crippen LogP contribution in [-0.4, -0.2) is 12.5 Å². The Morgan fingerprint density at radius 1 is 1.33 bits per heavy atom.